The fraction of sp³-hybridized carbons (Fsp3) is 0.0526. The number of H-pyrrole nitrogens is 1. The van der Waals surface area contributed by atoms with E-state index in [1.807, 2.05) is 60.8 Å². The molecule has 0 atom stereocenters. The van der Waals surface area contributed by atoms with Gasteiger partial charge in [0.1, 0.15) is 11.3 Å². The van der Waals surface area contributed by atoms with Crippen molar-refractivity contribution < 1.29 is 4.79 Å². The number of benzene rings is 2. The van der Waals surface area contributed by atoms with Crippen molar-refractivity contribution in [2.45, 2.75) is 6.92 Å². The van der Waals surface area contributed by atoms with Gasteiger partial charge in [-0.1, -0.05) is 12.1 Å². The number of aryl methyl sites for hydroxylation is 1. The zero-order chi connectivity index (χ0) is 17.9. The highest BCUT2D eigenvalue weighted by molar-refractivity contribution is 7.13. The minimum absolute atomic E-state index is 0.153. The zero-order valence-corrected chi connectivity index (χ0v) is 14.7. The maximum Gasteiger partial charge on any atom is 0.255 e. The van der Waals surface area contributed by atoms with Crippen LogP contribution in [0.1, 0.15) is 16.1 Å². The Labute approximate surface area is 154 Å². The van der Waals surface area contributed by atoms with E-state index in [1.54, 1.807) is 11.3 Å². The lowest BCUT2D eigenvalue weighted by molar-refractivity contribution is 0.102. The first-order valence-electron chi connectivity index (χ1n) is 7.99. The first kappa shape index (κ1) is 16.2. The number of nitrogens with one attached hydrogen (secondary N) is 2. The largest absolute Gasteiger partial charge is 0.322 e. The summed E-state index contributed by atoms with van der Waals surface area (Å²) >= 11 is 1.60. The molecule has 0 radical (unpaired) electrons. The first-order valence-corrected chi connectivity index (χ1v) is 8.87. The van der Waals surface area contributed by atoms with Crippen LogP contribution in [0.15, 0.2) is 60.2 Å². The second-order valence-corrected chi connectivity index (χ2v) is 6.60. The molecule has 0 saturated carbocycles. The highest BCUT2D eigenvalue weighted by Crippen LogP contribution is 2.24. The van der Waals surface area contributed by atoms with Crippen LogP contribution in [0.3, 0.4) is 0 Å². The second kappa shape index (κ2) is 6.89. The van der Waals surface area contributed by atoms with Gasteiger partial charge in [-0.25, -0.2) is 9.97 Å². The van der Waals surface area contributed by atoms with E-state index in [4.69, 9.17) is 0 Å². The number of thiazole rings is 1. The predicted molar refractivity (Wildman–Crippen MR) is 102 cm³/mol. The van der Waals surface area contributed by atoms with E-state index in [0.29, 0.717) is 11.4 Å². The number of rotatable bonds is 4. The van der Waals surface area contributed by atoms with Crippen LogP contribution in [0, 0.1) is 6.92 Å². The number of nitrogens with zero attached hydrogens (tertiary/aromatic N) is 3. The molecule has 26 heavy (non-hydrogen) atoms. The smallest absolute Gasteiger partial charge is 0.255 e. The number of aromatic nitrogens is 4. The molecule has 2 aromatic heterocycles. The topological polar surface area (TPSA) is 83.6 Å². The third kappa shape index (κ3) is 3.38. The molecule has 0 saturated heterocycles. The maximum absolute atomic E-state index is 12.4. The molecule has 0 aliphatic heterocycles. The highest BCUT2D eigenvalue weighted by Gasteiger charge is 2.08. The summed E-state index contributed by atoms with van der Waals surface area (Å²) < 4.78 is 0. The molecule has 6 nitrogen and oxygen atoms in total. The molecule has 1 amide bonds. The van der Waals surface area contributed by atoms with Crippen LogP contribution in [0.4, 0.5) is 5.69 Å². The third-order valence-corrected chi connectivity index (χ3v) is 4.85. The number of aromatic amines is 1. The van der Waals surface area contributed by atoms with Crippen molar-refractivity contribution in [1.29, 1.82) is 0 Å². The van der Waals surface area contributed by atoms with Gasteiger partial charge in [-0.05, 0) is 43.3 Å². The molecule has 2 N–H and O–H groups in total. The standard InChI is InChI=1S/C19H15N5OS/c1-12-10-26-19(22-12)15-4-2-14(3-5-15)18(25)23-16-8-6-13(7-9-16)17-20-11-21-24-17/h2-11H,1H3,(H,23,25)(H,20,21,24). The molecule has 4 aromatic rings. The Bertz CT molecular complexity index is 1020. The van der Waals surface area contributed by atoms with E-state index in [9.17, 15) is 4.79 Å². The number of carbonyl (C=O) groups is 1. The summed E-state index contributed by atoms with van der Waals surface area (Å²) in [4.78, 5) is 21.0. The van der Waals surface area contributed by atoms with Gasteiger partial charge in [-0.3, -0.25) is 9.89 Å². The normalized spacial score (nSPS) is 10.7. The van der Waals surface area contributed by atoms with Crippen LogP contribution in [0.2, 0.25) is 0 Å². The zero-order valence-electron chi connectivity index (χ0n) is 13.9. The van der Waals surface area contributed by atoms with E-state index in [2.05, 4.69) is 25.5 Å². The van der Waals surface area contributed by atoms with Crippen LogP contribution in [0.5, 0.6) is 0 Å². The molecule has 7 heteroatoms. The molecule has 0 bridgehead atoms. The van der Waals surface area contributed by atoms with Crippen molar-refractivity contribution in [2.24, 2.45) is 0 Å². The monoisotopic (exact) mass is 361 g/mol. The summed E-state index contributed by atoms with van der Waals surface area (Å²) in [5.74, 6) is 0.537. The van der Waals surface area contributed by atoms with Crippen molar-refractivity contribution in [3.8, 4) is 22.0 Å². The summed E-state index contributed by atoms with van der Waals surface area (Å²) in [7, 11) is 0. The Morgan fingerprint density at radius 2 is 1.77 bits per heavy atom. The predicted octanol–water partition coefficient (Wildman–Crippen LogP) is 4.16. The number of anilines is 1. The number of amides is 1. The van der Waals surface area contributed by atoms with Gasteiger partial charge in [0.05, 0.1) is 0 Å². The Morgan fingerprint density at radius 3 is 2.38 bits per heavy atom. The Kier molecular flexibility index (Phi) is 4.28. The molecule has 0 unspecified atom stereocenters. The Balaban J connectivity index is 1.46. The van der Waals surface area contributed by atoms with Crippen molar-refractivity contribution in [2.75, 3.05) is 5.32 Å². The van der Waals surface area contributed by atoms with E-state index in [-0.39, 0.29) is 5.91 Å². The molecule has 0 aliphatic carbocycles. The van der Waals surface area contributed by atoms with Gasteiger partial charge in [0, 0.05) is 33.5 Å². The first-order chi connectivity index (χ1) is 12.7. The van der Waals surface area contributed by atoms with Crippen molar-refractivity contribution in [1.82, 2.24) is 20.2 Å². The van der Waals surface area contributed by atoms with Crippen molar-refractivity contribution in [3.63, 3.8) is 0 Å². The molecular formula is C19H15N5OS. The number of carbonyl (C=O) groups excluding carboxylic acids is 1. The Morgan fingerprint density at radius 1 is 1.04 bits per heavy atom. The summed E-state index contributed by atoms with van der Waals surface area (Å²) in [6.45, 7) is 1.97. The lowest BCUT2D eigenvalue weighted by Crippen LogP contribution is -2.11. The summed E-state index contributed by atoms with van der Waals surface area (Å²) in [6.07, 6.45) is 1.46. The number of hydrogen-bond acceptors (Lipinski definition) is 5. The average molecular weight is 361 g/mol. The quantitative estimate of drug-likeness (QED) is 0.572. The minimum Gasteiger partial charge on any atom is -0.322 e. The fourth-order valence-corrected chi connectivity index (χ4v) is 3.31. The minimum atomic E-state index is -0.153. The van der Waals surface area contributed by atoms with E-state index >= 15 is 0 Å². The summed E-state index contributed by atoms with van der Waals surface area (Å²) in [6, 6.07) is 14.9. The SMILES string of the molecule is Cc1csc(-c2ccc(C(=O)Nc3ccc(-c4ncn[nH]4)cc3)cc2)n1. The lowest BCUT2D eigenvalue weighted by Gasteiger charge is -2.06. The number of hydrogen-bond donors (Lipinski definition) is 2. The van der Waals surface area contributed by atoms with Gasteiger partial charge in [-0.15, -0.1) is 11.3 Å². The van der Waals surface area contributed by atoms with Crippen LogP contribution >= 0.6 is 11.3 Å². The maximum atomic E-state index is 12.4. The molecule has 0 spiro atoms. The molecule has 0 aliphatic rings. The van der Waals surface area contributed by atoms with Crippen LogP contribution < -0.4 is 5.32 Å². The average Bonchev–Trinajstić information content (AvgIpc) is 3.34. The third-order valence-electron chi connectivity index (χ3n) is 3.84. The second-order valence-electron chi connectivity index (χ2n) is 5.74. The molecule has 2 heterocycles. The molecule has 2 aromatic carbocycles. The van der Waals surface area contributed by atoms with E-state index in [1.165, 1.54) is 6.33 Å². The van der Waals surface area contributed by atoms with Crippen molar-refractivity contribution in [3.05, 3.63) is 71.5 Å². The lowest BCUT2D eigenvalue weighted by atomic mass is 10.1. The summed E-state index contributed by atoms with van der Waals surface area (Å²) in [5.41, 5.74) is 4.24. The van der Waals surface area contributed by atoms with Gasteiger partial charge < -0.3 is 5.32 Å². The van der Waals surface area contributed by atoms with Gasteiger partial charge in [-0.2, -0.15) is 5.10 Å². The van der Waals surface area contributed by atoms with Crippen LogP contribution in [0.25, 0.3) is 22.0 Å². The Hall–Kier alpha value is -3.32. The van der Waals surface area contributed by atoms with Gasteiger partial charge in [0.25, 0.3) is 5.91 Å². The molecule has 128 valence electrons. The van der Waals surface area contributed by atoms with E-state index < -0.39 is 0 Å². The molecular weight excluding hydrogens is 346 g/mol. The van der Waals surface area contributed by atoms with Crippen LogP contribution in [-0.4, -0.2) is 26.1 Å². The van der Waals surface area contributed by atoms with Crippen molar-refractivity contribution >= 4 is 22.9 Å². The highest BCUT2D eigenvalue weighted by atomic mass is 32.1. The molecule has 4 rings (SSSR count). The van der Waals surface area contributed by atoms with E-state index in [0.717, 1.165) is 27.5 Å². The van der Waals surface area contributed by atoms with Crippen LogP contribution in [-0.2, 0) is 0 Å². The molecule has 0 fully saturated rings. The summed E-state index contributed by atoms with van der Waals surface area (Å²) in [5, 5.41) is 12.5. The van der Waals surface area contributed by atoms with Gasteiger partial charge >= 0.3 is 0 Å². The fourth-order valence-electron chi connectivity index (χ4n) is 2.51. The van der Waals surface area contributed by atoms with Gasteiger partial charge in [0.15, 0.2) is 5.82 Å². The van der Waals surface area contributed by atoms with Gasteiger partial charge in [0.2, 0.25) is 0 Å².